The van der Waals surface area contributed by atoms with Crippen molar-refractivity contribution in [2.45, 2.75) is 69.6 Å². The lowest BCUT2D eigenvalue weighted by Gasteiger charge is -2.37. The third-order valence-electron chi connectivity index (χ3n) is 7.55. The van der Waals surface area contributed by atoms with Gasteiger partial charge >= 0.3 is 6.09 Å². The molecule has 9 heteroatoms. The maximum Gasteiger partial charge on any atom is 0.410 e. The van der Waals surface area contributed by atoms with Crippen molar-refractivity contribution in [3.63, 3.8) is 0 Å². The second kappa shape index (κ2) is 9.03. The zero-order chi connectivity index (χ0) is 22.0. The predicted octanol–water partition coefficient (Wildman–Crippen LogP) is 0.996. The largest absolute Gasteiger partial charge is 0.446 e. The molecule has 3 atom stereocenters. The van der Waals surface area contributed by atoms with Gasteiger partial charge in [0.05, 0.1) is 6.07 Å². The molecule has 0 bridgehead atoms. The van der Waals surface area contributed by atoms with E-state index in [0.717, 1.165) is 45.2 Å². The number of nitrogens with zero attached hydrogens (tertiary/aromatic N) is 3. The maximum atomic E-state index is 13.1. The number of likely N-dealkylation sites (tertiary alicyclic amines) is 2. The lowest BCUT2D eigenvalue weighted by atomic mass is 9.67. The number of rotatable bonds is 5. The van der Waals surface area contributed by atoms with Gasteiger partial charge in [-0.05, 0) is 57.4 Å². The van der Waals surface area contributed by atoms with Gasteiger partial charge in [0.15, 0.2) is 0 Å². The van der Waals surface area contributed by atoms with Gasteiger partial charge in [-0.2, -0.15) is 5.26 Å². The van der Waals surface area contributed by atoms with Gasteiger partial charge in [-0.3, -0.25) is 14.5 Å². The van der Waals surface area contributed by atoms with Crippen LogP contribution in [0.1, 0.15) is 51.4 Å². The summed E-state index contributed by atoms with van der Waals surface area (Å²) in [6, 6.07) is 0.753. The molecule has 3 saturated heterocycles. The summed E-state index contributed by atoms with van der Waals surface area (Å²) >= 11 is 0. The van der Waals surface area contributed by atoms with E-state index in [0.29, 0.717) is 32.4 Å². The molecule has 1 spiro atoms. The third-order valence-corrected chi connectivity index (χ3v) is 7.55. The highest BCUT2D eigenvalue weighted by Crippen LogP contribution is 2.50. The summed E-state index contributed by atoms with van der Waals surface area (Å²) in [6.07, 6.45) is 5.81. The highest BCUT2D eigenvalue weighted by Gasteiger charge is 2.52. The van der Waals surface area contributed by atoms with Gasteiger partial charge in [-0.25, -0.2) is 4.79 Å². The molecule has 31 heavy (non-hydrogen) atoms. The summed E-state index contributed by atoms with van der Waals surface area (Å²) in [5.74, 6) is -0.627. The van der Waals surface area contributed by atoms with Crippen molar-refractivity contribution in [2.24, 2.45) is 11.3 Å². The van der Waals surface area contributed by atoms with E-state index in [-0.39, 0.29) is 29.3 Å². The second-order valence-corrected chi connectivity index (χ2v) is 9.79. The number of nitriles is 1. The Balaban J connectivity index is 1.39. The number of ether oxygens (including phenoxy) is 1. The van der Waals surface area contributed by atoms with Gasteiger partial charge in [0, 0.05) is 32.1 Å². The minimum atomic E-state index is -0.744. The van der Waals surface area contributed by atoms with Crippen LogP contribution in [0.4, 0.5) is 4.79 Å². The Labute approximate surface area is 183 Å². The van der Waals surface area contributed by atoms with E-state index < -0.39 is 18.2 Å². The molecule has 1 aliphatic carbocycles. The molecule has 0 aromatic carbocycles. The Morgan fingerprint density at radius 2 is 2.06 bits per heavy atom. The van der Waals surface area contributed by atoms with Crippen molar-refractivity contribution < 1.29 is 19.1 Å². The molecule has 3 aliphatic heterocycles. The van der Waals surface area contributed by atoms with Crippen molar-refractivity contribution in [3.05, 3.63) is 0 Å². The Hall–Kier alpha value is -2.34. The SMILES string of the molecule is CN1CCC(OC(=O)N2CC3(CCC3)CC2C(=O)NC(C#N)CC2CCNC2=O)CC1. The molecule has 3 heterocycles. The van der Waals surface area contributed by atoms with Gasteiger partial charge < -0.3 is 20.3 Å². The molecule has 0 aromatic heterocycles. The quantitative estimate of drug-likeness (QED) is 0.671. The van der Waals surface area contributed by atoms with E-state index in [1.807, 2.05) is 0 Å². The molecule has 170 valence electrons. The van der Waals surface area contributed by atoms with E-state index in [9.17, 15) is 19.6 Å². The van der Waals surface area contributed by atoms with Crippen LogP contribution < -0.4 is 10.6 Å². The number of piperidine rings is 1. The van der Waals surface area contributed by atoms with Gasteiger partial charge in [0.1, 0.15) is 18.2 Å². The van der Waals surface area contributed by atoms with Gasteiger partial charge in [-0.1, -0.05) is 6.42 Å². The van der Waals surface area contributed by atoms with Crippen molar-refractivity contribution in [3.8, 4) is 6.07 Å². The van der Waals surface area contributed by atoms with Crippen LogP contribution in [0.2, 0.25) is 0 Å². The first-order chi connectivity index (χ1) is 14.9. The monoisotopic (exact) mass is 431 g/mol. The predicted molar refractivity (Wildman–Crippen MR) is 112 cm³/mol. The Morgan fingerprint density at radius 1 is 1.32 bits per heavy atom. The molecule has 4 aliphatic rings. The highest BCUT2D eigenvalue weighted by atomic mass is 16.6. The number of nitrogens with one attached hydrogen (secondary N) is 2. The summed E-state index contributed by atoms with van der Waals surface area (Å²) in [6.45, 7) is 2.94. The van der Waals surface area contributed by atoms with Crippen LogP contribution in [0, 0.1) is 22.7 Å². The summed E-state index contributed by atoms with van der Waals surface area (Å²) in [5, 5.41) is 15.1. The molecular weight excluding hydrogens is 398 g/mol. The standard InChI is InChI=1S/C22H33N5O4/c1-26-9-4-17(5-10-26)31-21(30)27-14-22(6-2-7-22)12-18(27)20(29)25-16(13-23)11-15-3-8-24-19(15)28/h15-18H,2-12,14H2,1H3,(H,24,28)(H,25,29). The third kappa shape index (κ3) is 4.79. The molecule has 1 saturated carbocycles. The van der Waals surface area contributed by atoms with E-state index in [1.165, 1.54) is 0 Å². The van der Waals surface area contributed by atoms with Crippen LogP contribution in [-0.4, -0.2) is 79.1 Å². The van der Waals surface area contributed by atoms with Crippen molar-refractivity contribution in [1.82, 2.24) is 20.4 Å². The number of carbonyl (C=O) groups excluding carboxylic acids is 3. The van der Waals surface area contributed by atoms with Gasteiger partial charge in [0.2, 0.25) is 11.8 Å². The van der Waals surface area contributed by atoms with Crippen LogP contribution in [0.25, 0.3) is 0 Å². The van der Waals surface area contributed by atoms with Crippen LogP contribution in [-0.2, 0) is 14.3 Å². The summed E-state index contributed by atoms with van der Waals surface area (Å²) in [4.78, 5) is 41.8. The van der Waals surface area contributed by atoms with Gasteiger partial charge in [0.25, 0.3) is 0 Å². The number of hydrogen-bond acceptors (Lipinski definition) is 6. The molecule has 0 aromatic rings. The smallest absolute Gasteiger partial charge is 0.410 e. The molecule has 3 amide bonds. The van der Waals surface area contributed by atoms with Crippen LogP contribution in [0.5, 0.6) is 0 Å². The minimum Gasteiger partial charge on any atom is -0.446 e. The number of hydrogen-bond donors (Lipinski definition) is 2. The van der Waals surface area contributed by atoms with Crippen LogP contribution >= 0.6 is 0 Å². The summed E-state index contributed by atoms with van der Waals surface area (Å²) in [7, 11) is 2.06. The molecule has 3 unspecified atom stereocenters. The molecule has 0 radical (unpaired) electrons. The zero-order valence-corrected chi connectivity index (χ0v) is 18.3. The fourth-order valence-electron chi connectivity index (χ4n) is 5.40. The van der Waals surface area contributed by atoms with Gasteiger partial charge in [-0.15, -0.1) is 0 Å². The first kappa shape index (κ1) is 21.9. The Bertz CT molecular complexity index is 753. The highest BCUT2D eigenvalue weighted by molar-refractivity contribution is 5.87. The van der Waals surface area contributed by atoms with Crippen LogP contribution in [0.15, 0.2) is 0 Å². The molecule has 4 rings (SSSR count). The Morgan fingerprint density at radius 3 is 2.65 bits per heavy atom. The molecule has 4 fully saturated rings. The maximum absolute atomic E-state index is 13.1. The van der Waals surface area contributed by atoms with E-state index in [4.69, 9.17) is 4.74 Å². The fraction of sp³-hybridized carbons (Fsp3) is 0.818. The molecule has 9 nitrogen and oxygen atoms in total. The fourth-order valence-corrected chi connectivity index (χ4v) is 5.40. The molecular formula is C22H33N5O4. The van der Waals surface area contributed by atoms with Crippen molar-refractivity contribution in [2.75, 3.05) is 33.2 Å². The second-order valence-electron chi connectivity index (χ2n) is 9.79. The average molecular weight is 432 g/mol. The average Bonchev–Trinajstić information content (AvgIpc) is 3.33. The van der Waals surface area contributed by atoms with E-state index in [2.05, 4.69) is 28.7 Å². The molecule has 2 N–H and O–H groups in total. The summed E-state index contributed by atoms with van der Waals surface area (Å²) < 4.78 is 5.78. The van der Waals surface area contributed by atoms with E-state index in [1.54, 1.807) is 4.90 Å². The first-order valence-electron chi connectivity index (χ1n) is 11.5. The van der Waals surface area contributed by atoms with Crippen LogP contribution in [0.3, 0.4) is 0 Å². The van der Waals surface area contributed by atoms with Crippen molar-refractivity contribution >= 4 is 17.9 Å². The van der Waals surface area contributed by atoms with E-state index >= 15 is 0 Å². The lowest BCUT2D eigenvalue weighted by molar-refractivity contribution is -0.127. The van der Waals surface area contributed by atoms with Crippen molar-refractivity contribution in [1.29, 1.82) is 5.26 Å². The first-order valence-corrected chi connectivity index (χ1v) is 11.5. The normalized spacial score (nSPS) is 29.2. The number of carbonyl (C=O) groups is 3. The Kier molecular flexibility index (Phi) is 6.37. The zero-order valence-electron chi connectivity index (χ0n) is 18.3. The minimum absolute atomic E-state index is 0.00128. The number of amides is 3. The summed E-state index contributed by atoms with van der Waals surface area (Å²) in [5.41, 5.74) is 0.00128. The lowest BCUT2D eigenvalue weighted by Crippen LogP contribution is -2.50. The topological polar surface area (TPSA) is 115 Å².